The maximum Gasteiger partial charge on any atom is 0.164 e. The second kappa shape index (κ2) is 11.8. The fourth-order valence-electron chi connectivity index (χ4n) is 7.00. The van der Waals surface area contributed by atoms with Crippen LogP contribution >= 0.6 is 22.7 Å². The highest BCUT2D eigenvalue weighted by Gasteiger charge is 2.18. The predicted octanol–water partition coefficient (Wildman–Crippen LogP) is 12.9. The van der Waals surface area contributed by atoms with E-state index in [2.05, 4.69) is 103 Å². The smallest absolute Gasteiger partial charge is 0.164 e. The van der Waals surface area contributed by atoms with Crippen LogP contribution in [0.1, 0.15) is 0 Å². The van der Waals surface area contributed by atoms with E-state index in [1.54, 1.807) is 0 Å². The zero-order valence-electron chi connectivity index (χ0n) is 26.7. The summed E-state index contributed by atoms with van der Waals surface area (Å²) in [6.45, 7) is 0. The van der Waals surface area contributed by atoms with Crippen molar-refractivity contribution in [2.75, 3.05) is 0 Å². The Bertz CT molecular complexity index is 2810. The number of nitrogens with zero attached hydrogens (tertiary/aromatic N) is 3. The molecule has 3 aromatic heterocycles. The summed E-state index contributed by atoms with van der Waals surface area (Å²) in [6.07, 6.45) is 0. The Kier molecular flexibility index (Phi) is 6.86. The van der Waals surface area contributed by atoms with Crippen molar-refractivity contribution in [1.29, 1.82) is 0 Å². The summed E-state index contributed by atoms with van der Waals surface area (Å²) in [6, 6.07) is 57.9. The largest absolute Gasteiger partial charge is 0.208 e. The monoisotopic (exact) mass is 673 g/mol. The topological polar surface area (TPSA) is 38.7 Å². The molecule has 10 aromatic rings. The minimum Gasteiger partial charge on any atom is -0.208 e. The SMILES string of the molecule is c1ccc(-c2nc(-c3ccccc3)nc(-c3ccc4c(c3)sc3c(-c5ccccc5-c5cccc6c5sc5ccccc56)cccc34)n2)cc1. The van der Waals surface area contributed by atoms with Crippen LogP contribution in [0.3, 0.4) is 0 Å². The van der Waals surface area contributed by atoms with Crippen molar-refractivity contribution >= 4 is 63.0 Å². The molecule has 234 valence electrons. The van der Waals surface area contributed by atoms with E-state index >= 15 is 0 Å². The molecule has 0 radical (unpaired) electrons. The second-order valence-corrected chi connectivity index (χ2v) is 14.5. The van der Waals surface area contributed by atoms with Gasteiger partial charge in [-0.3, -0.25) is 0 Å². The van der Waals surface area contributed by atoms with E-state index in [0.29, 0.717) is 17.5 Å². The lowest BCUT2D eigenvalue weighted by molar-refractivity contribution is 1.07. The van der Waals surface area contributed by atoms with Gasteiger partial charge >= 0.3 is 0 Å². The molecule has 0 aliphatic heterocycles. The molecule has 0 saturated heterocycles. The highest BCUT2D eigenvalue weighted by Crippen LogP contribution is 2.46. The molecule has 5 heteroatoms. The molecular formula is C45H27N3S2. The van der Waals surface area contributed by atoms with Crippen molar-refractivity contribution in [2.24, 2.45) is 0 Å². The Morgan fingerprint density at radius 3 is 1.34 bits per heavy atom. The summed E-state index contributed by atoms with van der Waals surface area (Å²) in [5.41, 5.74) is 7.92. The van der Waals surface area contributed by atoms with Crippen LogP contribution in [0.15, 0.2) is 164 Å². The van der Waals surface area contributed by atoms with Crippen LogP contribution < -0.4 is 0 Å². The maximum atomic E-state index is 4.99. The molecule has 0 aliphatic rings. The van der Waals surface area contributed by atoms with Crippen molar-refractivity contribution in [2.45, 2.75) is 0 Å². The Morgan fingerprint density at radius 1 is 0.300 bits per heavy atom. The average Bonchev–Trinajstić information content (AvgIpc) is 3.77. The van der Waals surface area contributed by atoms with Crippen molar-refractivity contribution in [1.82, 2.24) is 15.0 Å². The molecule has 0 saturated carbocycles. The average molecular weight is 674 g/mol. The highest BCUT2D eigenvalue weighted by molar-refractivity contribution is 7.26. The first-order chi connectivity index (χ1) is 24.8. The number of aromatic nitrogens is 3. The van der Waals surface area contributed by atoms with E-state index in [1.165, 1.54) is 62.6 Å². The van der Waals surface area contributed by atoms with Crippen LogP contribution in [-0.4, -0.2) is 15.0 Å². The van der Waals surface area contributed by atoms with Crippen molar-refractivity contribution in [3.05, 3.63) is 164 Å². The standard InChI is InChI=1S/C45H27N3S2/c1-3-13-28(14-4-1)43-46-44(29-15-5-2-6-16-29)48-45(47-43)30-25-26-34-38-23-12-21-36(42(38)50-40(34)27-30)32-18-8-7-17-31(32)35-20-11-22-37-33-19-9-10-24-39(33)49-41(35)37/h1-27H. The molecule has 50 heavy (non-hydrogen) atoms. The molecule has 7 aromatic carbocycles. The maximum absolute atomic E-state index is 4.99. The van der Waals surface area contributed by atoms with Crippen molar-refractivity contribution < 1.29 is 0 Å². The van der Waals surface area contributed by atoms with E-state index < -0.39 is 0 Å². The lowest BCUT2D eigenvalue weighted by Crippen LogP contribution is -1.99. The van der Waals surface area contributed by atoms with Gasteiger partial charge in [-0.15, -0.1) is 22.7 Å². The van der Waals surface area contributed by atoms with Crippen LogP contribution in [0.2, 0.25) is 0 Å². The number of thiophene rings is 2. The van der Waals surface area contributed by atoms with E-state index in [-0.39, 0.29) is 0 Å². The van der Waals surface area contributed by atoms with Crippen LogP contribution in [0, 0.1) is 0 Å². The van der Waals surface area contributed by atoms with Crippen LogP contribution in [0.4, 0.5) is 0 Å². The minimum absolute atomic E-state index is 0.665. The first-order valence-electron chi connectivity index (χ1n) is 16.6. The van der Waals surface area contributed by atoms with E-state index in [9.17, 15) is 0 Å². The fraction of sp³-hybridized carbons (Fsp3) is 0. The van der Waals surface area contributed by atoms with Gasteiger partial charge in [0.15, 0.2) is 17.5 Å². The Morgan fingerprint density at radius 2 is 0.740 bits per heavy atom. The number of benzene rings is 7. The Balaban J connectivity index is 1.13. The molecule has 3 nitrogen and oxygen atoms in total. The number of hydrogen-bond acceptors (Lipinski definition) is 5. The van der Waals surface area contributed by atoms with Gasteiger partial charge in [0, 0.05) is 68.2 Å². The summed E-state index contributed by atoms with van der Waals surface area (Å²) in [4.78, 5) is 14.9. The molecule has 0 fully saturated rings. The number of rotatable bonds is 5. The quantitative estimate of drug-likeness (QED) is 0.182. The lowest BCUT2D eigenvalue weighted by atomic mass is 9.93. The van der Waals surface area contributed by atoms with Gasteiger partial charge in [0.2, 0.25) is 0 Å². The van der Waals surface area contributed by atoms with Gasteiger partial charge in [-0.25, -0.2) is 15.0 Å². The van der Waals surface area contributed by atoms with Gasteiger partial charge in [-0.05, 0) is 23.3 Å². The predicted molar refractivity (Wildman–Crippen MR) is 213 cm³/mol. The summed E-state index contributed by atoms with van der Waals surface area (Å²) < 4.78 is 5.13. The highest BCUT2D eigenvalue weighted by atomic mass is 32.1. The third kappa shape index (κ3) is 4.82. The van der Waals surface area contributed by atoms with Crippen molar-refractivity contribution in [3.63, 3.8) is 0 Å². The summed E-state index contributed by atoms with van der Waals surface area (Å²) in [5, 5.41) is 5.13. The Labute approximate surface area is 296 Å². The second-order valence-electron chi connectivity index (χ2n) is 12.4. The normalized spacial score (nSPS) is 11.6. The molecular weight excluding hydrogens is 647 g/mol. The van der Waals surface area contributed by atoms with Gasteiger partial charge in [-0.1, -0.05) is 152 Å². The first-order valence-corrected chi connectivity index (χ1v) is 18.2. The molecule has 0 aliphatic carbocycles. The third-order valence-electron chi connectivity index (χ3n) is 9.37. The van der Waals surface area contributed by atoms with Crippen LogP contribution in [0.5, 0.6) is 0 Å². The van der Waals surface area contributed by atoms with Gasteiger partial charge in [-0.2, -0.15) is 0 Å². The minimum atomic E-state index is 0.665. The summed E-state index contributed by atoms with van der Waals surface area (Å²) in [5.74, 6) is 2.00. The van der Waals surface area contributed by atoms with Gasteiger partial charge in [0.05, 0.1) is 0 Å². The van der Waals surface area contributed by atoms with E-state index in [4.69, 9.17) is 15.0 Å². The molecule has 3 heterocycles. The molecule has 0 amide bonds. The van der Waals surface area contributed by atoms with Gasteiger partial charge in [0.1, 0.15) is 0 Å². The molecule has 0 N–H and O–H groups in total. The number of hydrogen-bond donors (Lipinski definition) is 0. The summed E-state index contributed by atoms with van der Waals surface area (Å²) >= 11 is 3.72. The number of fused-ring (bicyclic) bond motifs is 6. The first kappa shape index (κ1) is 29.0. The van der Waals surface area contributed by atoms with E-state index in [1.807, 2.05) is 83.3 Å². The van der Waals surface area contributed by atoms with Crippen molar-refractivity contribution in [3.8, 4) is 56.4 Å². The van der Waals surface area contributed by atoms with Crippen LogP contribution in [-0.2, 0) is 0 Å². The Hall–Kier alpha value is -6.01. The zero-order chi connectivity index (χ0) is 33.0. The lowest BCUT2D eigenvalue weighted by Gasteiger charge is -2.12. The van der Waals surface area contributed by atoms with E-state index in [0.717, 1.165) is 16.7 Å². The zero-order valence-corrected chi connectivity index (χ0v) is 28.4. The van der Waals surface area contributed by atoms with Crippen LogP contribution in [0.25, 0.3) is 96.8 Å². The fourth-order valence-corrected chi connectivity index (χ4v) is 9.50. The summed E-state index contributed by atoms with van der Waals surface area (Å²) in [7, 11) is 0. The molecule has 0 unspecified atom stereocenters. The van der Waals surface area contributed by atoms with Gasteiger partial charge in [0.25, 0.3) is 0 Å². The molecule has 0 bridgehead atoms. The molecule has 10 rings (SSSR count). The molecule has 0 spiro atoms. The molecule has 0 atom stereocenters. The third-order valence-corrected chi connectivity index (χ3v) is 11.8. The van der Waals surface area contributed by atoms with Gasteiger partial charge < -0.3 is 0 Å².